The Hall–Kier alpha value is -2.59. The molecule has 1 aromatic heterocycles. The van der Waals surface area contributed by atoms with Crippen LogP contribution in [-0.4, -0.2) is 10.5 Å². The van der Waals surface area contributed by atoms with Crippen molar-refractivity contribution in [3.05, 3.63) is 82.6 Å². The second kappa shape index (κ2) is 6.21. The molecule has 2 aliphatic heterocycles. The fourth-order valence-electron chi connectivity index (χ4n) is 4.42. The minimum absolute atomic E-state index is 0.0177. The number of ether oxygens (including phenoxy) is 1. The second-order valence-electron chi connectivity index (χ2n) is 8.13. The number of halogens is 1. The normalized spacial score (nSPS) is 19.0. The van der Waals surface area contributed by atoms with Gasteiger partial charge in [0, 0.05) is 50.3 Å². The topological polar surface area (TPSA) is 34.2 Å². The first kappa shape index (κ1) is 17.5. The summed E-state index contributed by atoms with van der Waals surface area (Å²) in [5.74, 6) is 0.894. The zero-order chi connectivity index (χ0) is 19.5. The molecule has 5 rings (SSSR count). The molecule has 0 amide bonds. The molecule has 0 fully saturated rings. The van der Waals surface area contributed by atoms with Crippen LogP contribution in [0, 0.1) is 0 Å². The maximum Gasteiger partial charge on any atom is 0.153 e. The quantitative estimate of drug-likeness (QED) is 0.470. The van der Waals surface area contributed by atoms with E-state index >= 15 is 0 Å². The van der Waals surface area contributed by atoms with E-state index in [4.69, 9.17) is 4.74 Å². The summed E-state index contributed by atoms with van der Waals surface area (Å²) >= 11 is 3.69. The van der Waals surface area contributed by atoms with Crippen molar-refractivity contribution in [1.29, 1.82) is 0 Å². The molecule has 0 saturated carbocycles. The molecule has 1 unspecified atom stereocenters. The van der Waals surface area contributed by atoms with Gasteiger partial charge in [0.25, 0.3) is 0 Å². The smallest absolute Gasteiger partial charge is 0.153 e. The largest absolute Gasteiger partial charge is 0.480 e. The number of pyridine rings is 1. The third kappa shape index (κ3) is 2.67. The highest BCUT2D eigenvalue weighted by atomic mass is 79.9. The number of fused-ring (bicyclic) bond motifs is 5. The van der Waals surface area contributed by atoms with Crippen molar-refractivity contribution >= 4 is 27.2 Å². The van der Waals surface area contributed by atoms with Gasteiger partial charge in [0.1, 0.15) is 5.75 Å². The zero-order valence-corrected chi connectivity index (χ0v) is 17.5. The minimum atomic E-state index is -0.248. The lowest BCUT2D eigenvalue weighted by Gasteiger charge is -2.39. The van der Waals surface area contributed by atoms with Crippen LogP contribution in [0.15, 0.2) is 65.9 Å². The fourth-order valence-corrected chi connectivity index (χ4v) is 4.85. The lowest BCUT2D eigenvalue weighted by Crippen LogP contribution is -2.35. The average Bonchev–Trinajstić information content (AvgIpc) is 2.66. The number of anilines is 1. The van der Waals surface area contributed by atoms with Crippen LogP contribution in [0.25, 0.3) is 16.7 Å². The molecule has 1 atom stereocenters. The first-order valence-corrected chi connectivity index (χ1v) is 10.2. The number of hydrogen-bond donors (Lipinski definition) is 1. The molecule has 2 aromatic carbocycles. The summed E-state index contributed by atoms with van der Waals surface area (Å²) in [7, 11) is 0. The van der Waals surface area contributed by atoms with E-state index in [1.54, 1.807) is 6.20 Å². The predicted molar refractivity (Wildman–Crippen MR) is 118 cm³/mol. The van der Waals surface area contributed by atoms with E-state index in [2.05, 4.69) is 70.9 Å². The highest BCUT2D eigenvalue weighted by Gasteiger charge is 2.36. The van der Waals surface area contributed by atoms with Gasteiger partial charge in [0.05, 0.1) is 0 Å². The summed E-state index contributed by atoms with van der Waals surface area (Å²) in [6, 6.07) is 14.6. The van der Waals surface area contributed by atoms with E-state index in [1.165, 1.54) is 11.1 Å². The first-order valence-electron chi connectivity index (χ1n) is 9.43. The summed E-state index contributed by atoms with van der Waals surface area (Å²) in [5.41, 5.74) is 7.92. The SMILES string of the molecule is C=C1CC(C)(C)Nc2ccc3c(c21)C(c1cnccc1Br)Oc1ccccc1-3. The van der Waals surface area contributed by atoms with Gasteiger partial charge < -0.3 is 10.1 Å². The summed E-state index contributed by atoms with van der Waals surface area (Å²) in [5, 5.41) is 3.68. The van der Waals surface area contributed by atoms with E-state index in [0.29, 0.717) is 0 Å². The molecule has 2 aliphatic rings. The lowest BCUT2D eigenvalue weighted by molar-refractivity contribution is 0.242. The van der Waals surface area contributed by atoms with Crippen LogP contribution >= 0.6 is 15.9 Å². The van der Waals surface area contributed by atoms with Crippen LogP contribution in [0.3, 0.4) is 0 Å². The maximum absolute atomic E-state index is 6.55. The molecule has 3 nitrogen and oxygen atoms in total. The summed E-state index contributed by atoms with van der Waals surface area (Å²) in [6.45, 7) is 8.86. The third-order valence-corrected chi connectivity index (χ3v) is 6.21. The van der Waals surface area contributed by atoms with E-state index in [1.807, 2.05) is 24.4 Å². The number of nitrogens with zero attached hydrogens (tertiary/aromatic N) is 1. The molecule has 4 heteroatoms. The van der Waals surface area contributed by atoms with Crippen LogP contribution < -0.4 is 10.1 Å². The molecule has 3 aromatic rings. The average molecular weight is 433 g/mol. The van der Waals surface area contributed by atoms with Crippen LogP contribution in [0.4, 0.5) is 5.69 Å². The van der Waals surface area contributed by atoms with Crippen molar-refractivity contribution in [2.45, 2.75) is 31.9 Å². The molecular weight excluding hydrogens is 412 g/mol. The zero-order valence-electron chi connectivity index (χ0n) is 15.9. The molecule has 3 heterocycles. The second-order valence-corrected chi connectivity index (χ2v) is 8.98. The Kier molecular flexibility index (Phi) is 3.88. The standard InChI is InChI=1S/C24H21BrN2O/c1-14-12-24(2,3)27-19-9-8-16-15-6-4-5-7-20(15)28-23(22(16)21(14)19)17-13-26-11-10-18(17)25/h4-11,13,23,27H,1,12H2,2-3H3. The molecule has 0 aliphatic carbocycles. The minimum Gasteiger partial charge on any atom is -0.480 e. The van der Waals surface area contributed by atoms with Crippen molar-refractivity contribution in [2.75, 3.05) is 5.32 Å². The summed E-state index contributed by atoms with van der Waals surface area (Å²) in [4.78, 5) is 4.36. The highest BCUT2D eigenvalue weighted by Crippen LogP contribution is 2.52. The van der Waals surface area contributed by atoms with E-state index in [0.717, 1.165) is 44.6 Å². The molecule has 0 saturated heterocycles. The van der Waals surface area contributed by atoms with Gasteiger partial charge in [-0.2, -0.15) is 0 Å². The molecule has 140 valence electrons. The van der Waals surface area contributed by atoms with E-state index < -0.39 is 0 Å². The molecular formula is C24H21BrN2O. The van der Waals surface area contributed by atoms with Crippen molar-refractivity contribution < 1.29 is 4.74 Å². The predicted octanol–water partition coefficient (Wildman–Crippen LogP) is 6.60. The molecule has 28 heavy (non-hydrogen) atoms. The van der Waals surface area contributed by atoms with E-state index in [9.17, 15) is 0 Å². The van der Waals surface area contributed by atoms with Crippen molar-refractivity contribution in [3.63, 3.8) is 0 Å². The van der Waals surface area contributed by atoms with Crippen molar-refractivity contribution in [1.82, 2.24) is 4.98 Å². The first-order chi connectivity index (χ1) is 13.4. The maximum atomic E-state index is 6.55. The van der Waals surface area contributed by atoms with Gasteiger partial charge in [-0.15, -0.1) is 0 Å². The Labute approximate surface area is 173 Å². The molecule has 1 N–H and O–H groups in total. The number of rotatable bonds is 1. The van der Waals surface area contributed by atoms with Gasteiger partial charge in [-0.05, 0) is 49.6 Å². The van der Waals surface area contributed by atoms with Crippen molar-refractivity contribution in [2.24, 2.45) is 0 Å². The van der Waals surface area contributed by atoms with Gasteiger partial charge in [-0.1, -0.05) is 46.8 Å². The Bertz CT molecular complexity index is 1120. The summed E-state index contributed by atoms with van der Waals surface area (Å²) < 4.78 is 7.54. The van der Waals surface area contributed by atoms with Gasteiger partial charge >= 0.3 is 0 Å². The number of hydrogen-bond acceptors (Lipinski definition) is 3. The van der Waals surface area contributed by atoms with Crippen LogP contribution in [0.2, 0.25) is 0 Å². The van der Waals surface area contributed by atoms with Gasteiger partial charge in [0.15, 0.2) is 6.10 Å². The highest BCUT2D eigenvalue weighted by molar-refractivity contribution is 9.10. The van der Waals surface area contributed by atoms with Crippen LogP contribution in [0.1, 0.15) is 43.1 Å². The van der Waals surface area contributed by atoms with Crippen LogP contribution in [-0.2, 0) is 0 Å². The lowest BCUT2D eigenvalue weighted by atomic mass is 9.78. The van der Waals surface area contributed by atoms with Gasteiger partial charge in [-0.3, -0.25) is 4.98 Å². The Morgan fingerprint density at radius 2 is 1.96 bits per heavy atom. The molecule has 0 bridgehead atoms. The number of nitrogens with one attached hydrogen (secondary N) is 1. The fraction of sp³-hybridized carbons (Fsp3) is 0.208. The molecule has 0 radical (unpaired) electrons. The Morgan fingerprint density at radius 3 is 2.79 bits per heavy atom. The number of para-hydroxylation sites is 1. The third-order valence-electron chi connectivity index (χ3n) is 5.49. The summed E-state index contributed by atoms with van der Waals surface area (Å²) in [6.07, 6.45) is 4.31. The van der Waals surface area contributed by atoms with E-state index in [-0.39, 0.29) is 11.6 Å². The Balaban J connectivity index is 1.82. The number of aromatic nitrogens is 1. The monoisotopic (exact) mass is 432 g/mol. The van der Waals surface area contributed by atoms with Gasteiger partial charge in [-0.25, -0.2) is 0 Å². The van der Waals surface area contributed by atoms with Gasteiger partial charge in [0.2, 0.25) is 0 Å². The Morgan fingerprint density at radius 1 is 1.14 bits per heavy atom. The van der Waals surface area contributed by atoms with Crippen molar-refractivity contribution in [3.8, 4) is 16.9 Å². The number of benzene rings is 2. The molecule has 0 spiro atoms. The van der Waals surface area contributed by atoms with Crippen LogP contribution in [0.5, 0.6) is 5.75 Å².